The highest BCUT2D eigenvalue weighted by molar-refractivity contribution is 6.02. The third-order valence-electron chi connectivity index (χ3n) is 6.79. The molecule has 12 nitrogen and oxygen atoms in total. The van der Waals surface area contributed by atoms with Gasteiger partial charge in [0.05, 0.1) is 6.04 Å². The van der Waals surface area contributed by atoms with Crippen molar-refractivity contribution in [1.29, 1.82) is 5.41 Å². The number of halogens is 1. The molecule has 0 spiro atoms. The second-order valence-corrected chi connectivity index (χ2v) is 9.59. The lowest BCUT2D eigenvalue weighted by Crippen LogP contribution is -2.56. The molecular weight excluding hydrogens is 511 g/mol. The topological polar surface area (TPSA) is 167 Å². The highest BCUT2D eigenvalue weighted by Crippen LogP contribution is 2.24. The summed E-state index contributed by atoms with van der Waals surface area (Å²) in [5.74, 6) is -2.10. The van der Waals surface area contributed by atoms with Crippen molar-refractivity contribution < 1.29 is 32.8 Å². The van der Waals surface area contributed by atoms with Crippen molar-refractivity contribution in [3.05, 3.63) is 53.2 Å². The fourth-order valence-electron chi connectivity index (χ4n) is 4.73. The molecule has 208 valence electrons. The third kappa shape index (κ3) is 6.59. The van der Waals surface area contributed by atoms with Crippen LogP contribution in [0.1, 0.15) is 48.0 Å². The van der Waals surface area contributed by atoms with Gasteiger partial charge < -0.3 is 25.2 Å². The minimum absolute atomic E-state index is 0.00824. The van der Waals surface area contributed by atoms with E-state index in [0.717, 1.165) is 11.3 Å². The Balaban J connectivity index is 1.58. The Morgan fingerprint density at radius 2 is 2.00 bits per heavy atom. The zero-order valence-electron chi connectivity index (χ0n) is 21.7. The Kier molecular flexibility index (Phi) is 8.57. The monoisotopic (exact) mass is 542 g/mol. The van der Waals surface area contributed by atoms with Crippen LogP contribution >= 0.6 is 0 Å². The van der Waals surface area contributed by atoms with Crippen LogP contribution < -0.4 is 16.0 Å². The number of aryl methyl sites for hydroxylation is 1. The summed E-state index contributed by atoms with van der Waals surface area (Å²) >= 11 is 0. The van der Waals surface area contributed by atoms with Gasteiger partial charge >= 0.3 is 6.09 Å². The second-order valence-electron chi connectivity index (χ2n) is 9.59. The summed E-state index contributed by atoms with van der Waals surface area (Å²) in [6, 6.07) is 4.86. The maximum absolute atomic E-state index is 13.6. The largest absolute Gasteiger partial charge is 0.435 e. The number of nitrogens with one attached hydrogen (secondary N) is 4. The number of carbonyl (C=O) groups excluding carboxylic acids is 4. The second kappa shape index (κ2) is 12.0. The number of hydrogen-bond donors (Lipinski definition) is 4. The van der Waals surface area contributed by atoms with Gasteiger partial charge in [0.2, 0.25) is 11.8 Å². The number of nitrogens with zero attached hydrogens (tertiary/aromatic N) is 2. The van der Waals surface area contributed by atoms with E-state index in [-0.39, 0.29) is 36.8 Å². The quantitative estimate of drug-likeness (QED) is 0.354. The Hall–Kier alpha value is -4.29. The Bertz CT molecular complexity index is 1250. The van der Waals surface area contributed by atoms with Crippen molar-refractivity contribution in [2.24, 2.45) is 5.92 Å². The summed E-state index contributed by atoms with van der Waals surface area (Å²) in [5, 5.41) is 20.4. The van der Waals surface area contributed by atoms with Gasteiger partial charge in [0, 0.05) is 31.5 Å². The number of aromatic nitrogens is 1. The minimum atomic E-state index is -1.14. The molecule has 4 N–H and O–H groups in total. The number of ether oxygens (including phenoxy) is 1. The molecule has 1 aromatic carbocycles. The molecule has 2 aliphatic rings. The van der Waals surface area contributed by atoms with E-state index in [4.69, 9.17) is 14.7 Å². The van der Waals surface area contributed by atoms with Crippen molar-refractivity contribution in [2.45, 2.75) is 57.7 Å². The van der Waals surface area contributed by atoms with Crippen molar-refractivity contribution in [1.82, 2.24) is 26.0 Å². The number of carbonyl (C=O) groups is 4. The van der Waals surface area contributed by atoms with Crippen LogP contribution in [0.15, 0.2) is 34.9 Å². The van der Waals surface area contributed by atoms with Crippen LogP contribution in [0.5, 0.6) is 0 Å². The van der Waals surface area contributed by atoms with E-state index in [1.807, 2.05) is 0 Å². The molecule has 2 aromatic rings. The molecule has 39 heavy (non-hydrogen) atoms. The molecule has 0 unspecified atom stereocenters. The fourth-order valence-corrected chi connectivity index (χ4v) is 4.73. The molecule has 2 aliphatic heterocycles. The average Bonchev–Trinajstić information content (AvgIpc) is 3.47. The highest BCUT2D eigenvalue weighted by atomic mass is 19.1. The molecule has 3 heterocycles. The molecule has 4 atom stereocenters. The standard InChI is InChI=1S/C26H31FN6O6/c1-3-33-22(28)21(38-26(33)37)18(13-16-5-4-10-29-23(16)34)30-24(35)19(12-15-6-8-17(27)9-7-15)31-25(36)20-11-14(2)39-32-20/h6-9,11,16,18-19,21,28H,3-5,10,12-13H2,1-2H3,(H,29,34)(H,30,35)(H,31,36)/t16-,18-,19-,21+/m0/s1. The fraction of sp³-hybridized carbons (Fsp3) is 0.462. The van der Waals surface area contributed by atoms with E-state index in [0.29, 0.717) is 24.3 Å². The molecular formula is C26H31FN6O6. The zero-order valence-corrected chi connectivity index (χ0v) is 21.7. The first-order valence-electron chi connectivity index (χ1n) is 12.8. The van der Waals surface area contributed by atoms with Crippen molar-refractivity contribution in [3.8, 4) is 0 Å². The molecule has 4 rings (SSSR count). The molecule has 0 aliphatic carbocycles. The SMILES string of the molecule is CCN1C(=N)[C@@H]([C@H](C[C@@H]2CCCNC2=O)NC(=O)[C@H](Cc2ccc(F)cc2)NC(=O)c2cc(C)on2)OC1=O. The maximum atomic E-state index is 13.6. The van der Waals surface area contributed by atoms with Crippen LogP contribution in [-0.2, 0) is 20.7 Å². The molecule has 4 amide bonds. The van der Waals surface area contributed by atoms with Crippen LogP contribution in [0.4, 0.5) is 9.18 Å². The number of hydrogen-bond acceptors (Lipinski definition) is 8. The van der Waals surface area contributed by atoms with Gasteiger partial charge in [0.1, 0.15) is 23.5 Å². The minimum Gasteiger partial charge on any atom is -0.435 e. The van der Waals surface area contributed by atoms with Gasteiger partial charge in [-0.3, -0.25) is 24.7 Å². The van der Waals surface area contributed by atoms with Gasteiger partial charge in [-0.1, -0.05) is 17.3 Å². The van der Waals surface area contributed by atoms with E-state index < -0.39 is 47.8 Å². The zero-order chi connectivity index (χ0) is 28.1. The molecule has 1 aromatic heterocycles. The van der Waals surface area contributed by atoms with Crippen molar-refractivity contribution in [3.63, 3.8) is 0 Å². The van der Waals surface area contributed by atoms with Gasteiger partial charge in [-0.2, -0.15) is 0 Å². The Morgan fingerprint density at radius 1 is 1.26 bits per heavy atom. The third-order valence-corrected chi connectivity index (χ3v) is 6.79. The molecule has 2 fully saturated rings. The maximum Gasteiger partial charge on any atom is 0.416 e. The van der Waals surface area contributed by atoms with Crippen LogP contribution in [0.2, 0.25) is 0 Å². The lowest BCUT2D eigenvalue weighted by molar-refractivity contribution is -0.128. The van der Waals surface area contributed by atoms with E-state index >= 15 is 0 Å². The smallest absolute Gasteiger partial charge is 0.416 e. The summed E-state index contributed by atoms with van der Waals surface area (Å²) in [4.78, 5) is 52.5. The first-order chi connectivity index (χ1) is 18.7. The molecule has 0 bridgehead atoms. The number of amidine groups is 1. The number of rotatable bonds is 10. The van der Waals surface area contributed by atoms with E-state index in [1.54, 1.807) is 13.8 Å². The van der Waals surface area contributed by atoms with Crippen LogP contribution in [-0.4, -0.2) is 71.0 Å². The van der Waals surface area contributed by atoms with Crippen molar-refractivity contribution in [2.75, 3.05) is 13.1 Å². The predicted molar refractivity (Wildman–Crippen MR) is 135 cm³/mol. The highest BCUT2D eigenvalue weighted by Gasteiger charge is 2.44. The lowest BCUT2D eigenvalue weighted by Gasteiger charge is -2.30. The Labute approximate surface area is 224 Å². The predicted octanol–water partition coefficient (Wildman–Crippen LogP) is 1.68. The normalized spacial score (nSPS) is 20.7. The van der Waals surface area contributed by atoms with Gasteiger partial charge in [-0.05, 0) is 50.8 Å². The van der Waals surface area contributed by atoms with Crippen LogP contribution in [0.3, 0.4) is 0 Å². The number of likely N-dealkylation sites (N-methyl/N-ethyl adjacent to an activating group) is 1. The summed E-state index contributed by atoms with van der Waals surface area (Å²) in [6.07, 6.45) is -0.372. The van der Waals surface area contributed by atoms with Gasteiger partial charge in [0.15, 0.2) is 11.8 Å². The molecule has 0 saturated carbocycles. The van der Waals surface area contributed by atoms with Gasteiger partial charge in [0.25, 0.3) is 5.91 Å². The summed E-state index contributed by atoms with van der Waals surface area (Å²) < 4.78 is 23.9. The number of cyclic esters (lactones) is 1. The number of benzene rings is 1. The molecule has 13 heteroatoms. The van der Waals surface area contributed by atoms with E-state index in [9.17, 15) is 23.6 Å². The average molecular weight is 543 g/mol. The molecule has 2 saturated heterocycles. The summed E-state index contributed by atoms with van der Waals surface area (Å²) in [6.45, 7) is 4.08. The molecule has 0 radical (unpaired) electrons. The number of piperidine rings is 1. The van der Waals surface area contributed by atoms with Gasteiger partial charge in [-0.25, -0.2) is 9.18 Å². The summed E-state index contributed by atoms with van der Waals surface area (Å²) in [7, 11) is 0. The van der Waals surface area contributed by atoms with Crippen LogP contribution in [0.25, 0.3) is 0 Å². The first kappa shape index (κ1) is 27.7. The first-order valence-corrected chi connectivity index (χ1v) is 12.8. The van der Waals surface area contributed by atoms with E-state index in [1.165, 1.54) is 30.3 Å². The van der Waals surface area contributed by atoms with Crippen LogP contribution in [0, 0.1) is 24.1 Å². The van der Waals surface area contributed by atoms with Gasteiger partial charge in [-0.15, -0.1) is 0 Å². The van der Waals surface area contributed by atoms with E-state index in [2.05, 4.69) is 21.1 Å². The summed E-state index contributed by atoms with van der Waals surface area (Å²) in [5.41, 5.74) is 0.554. The number of amides is 4. The lowest BCUT2D eigenvalue weighted by atomic mass is 9.89. The van der Waals surface area contributed by atoms with Crippen molar-refractivity contribution >= 4 is 29.7 Å². The Morgan fingerprint density at radius 3 is 2.62 bits per heavy atom.